The van der Waals surface area contributed by atoms with E-state index in [-0.39, 0.29) is 0 Å². The molecule has 0 aromatic carbocycles. The van der Waals surface area contributed by atoms with Gasteiger partial charge in [0.25, 0.3) is 0 Å². The number of nitrogens with one attached hydrogen (secondary N) is 3. The molecule has 8 atom stereocenters. The van der Waals surface area contributed by atoms with Gasteiger partial charge in [-0.3, -0.25) is 24.0 Å². The number of nitrogens with two attached hydrogens (primary N) is 1. The minimum absolute atomic E-state index is 0.662. The van der Waals surface area contributed by atoms with Gasteiger partial charge in [0.15, 0.2) is 6.29 Å². The number of carbonyl (C=O) groups is 5. The minimum Gasteiger partial charge on any atom is -0.466 e. The van der Waals surface area contributed by atoms with Crippen LogP contribution >= 0.6 is 0 Å². The molecule has 45 heteroatoms. The van der Waals surface area contributed by atoms with Gasteiger partial charge in [-0.1, -0.05) is 0 Å². The Morgan fingerprint density at radius 3 is 1.31 bits per heavy atom. The molecule has 0 aliphatic carbocycles. The third-order valence-corrected chi connectivity index (χ3v) is 11.6. The van der Waals surface area contributed by atoms with Gasteiger partial charge in [-0.05, 0) is 33.1 Å². The Morgan fingerprint density at radius 1 is 0.560 bits per heavy atom. The third-order valence-electron chi connectivity index (χ3n) is 11.6. The third kappa shape index (κ3) is 14.7. The molecule has 15 nitrogen and oxygen atoms in total. The smallest absolute Gasteiger partial charge is 0.460 e. The van der Waals surface area contributed by atoms with Gasteiger partial charge in [0.2, 0.25) is 23.6 Å². The van der Waals surface area contributed by atoms with E-state index in [4.69, 9.17) is 19.9 Å². The SMILES string of the molecule is CC(=O)N[C@H]1[C@@H](OCCCC(F)(F)C(F)(F)C(F)(F)C(F)(F)C(F)(F)C(F)(F)C(F)(F)C(F)(F)F)O[C@H](CO)[C@@H](O)[C@@H]1O[C@H](C)C(=O)N[C@@H](C)C(=O)N[C@H](CCC(=O)OCCCC(F)(F)C(F)(F)C(F)(F)C(F)(F)C(F)(F)C(F)(F)F)C(N)=O. The molecular weight excluding hydrogens is 1270 g/mol. The number of rotatable bonds is 31. The standard InChI is InChI=1S/C39H42F30N4O11/c1-13(23(79)73-16(22(70)78)6-7-18(76)81-10-4-8-26(40,41)29(46,47)31(50,51)34(56,57)36(60,61)38(64,65)66)71-24(80)14(2)83-21-19(72-15(3)75)25(84-17(12-74)20(21)77)82-11-5-9-27(42,43)28(44,45)30(48,49)32(52,53)33(54,55)35(58,59)37(62,63)39(67,68)69/h13-14,16-17,19-21,25,74,77H,4-12H2,1-3H3,(H2,70,78)(H,71,80)(H,72,75)(H,73,79)/t13-,14+,16+,17+,19+,20+,21+,25-/m0/s1. The zero-order chi connectivity index (χ0) is 66.8. The fourth-order valence-corrected chi connectivity index (χ4v) is 6.66. The van der Waals surface area contributed by atoms with Gasteiger partial charge in [0, 0.05) is 26.2 Å². The summed E-state index contributed by atoms with van der Waals surface area (Å²) < 4.78 is 425. The summed E-state index contributed by atoms with van der Waals surface area (Å²) in [6.07, 6.45) is -38.0. The van der Waals surface area contributed by atoms with Gasteiger partial charge < -0.3 is 50.8 Å². The van der Waals surface area contributed by atoms with Crippen LogP contribution in [0.4, 0.5) is 132 Å². The van der Waals surface area contributed by atoms with E-state index in [2.05, 4.69) is 4.74 Å². The molecule has 0 radical (unpaired) electrons. The van der Waals surface area contributed by atoms with Gasteiger partial charge in [-0.15, -0.1) is 0 Å². The van der Waals surface area contributed by atoms with Crippen LogP contribution in [0, 0.1) is 0 Å². The average Bonchev–Trinajstić information content (AvgIpc) is 1.06. The Hall–Kier alpha value is -4.95. The summed E-state index contributed by atoms with van der Waals surface area (Å²) in [6, 6.07) is -5.99. The number of aliphatic hydroxyl groups is 2. The largest absolute Gasteiger partial charge is 0.466 e. The van der Waals surface area contributed by atoms with E-state index in [0.29, 0.717) is 6.92 Å². The lowest BCUT2D eigenvalue weighted by Crippen LogP contribution is -2.74. The van der Waals surface area contributed by atoms with E-state index in [1.165, 1.54) is 0 Å². The van der Waals surface area contributed by atoms with E-state index in [1.54, 1.807) is 0 Å². The summed E-state index contributed by atoms with van der Waals surface area (Å²) in [4.78, 5) is 62.1. The van der Waals surface area contributed by atoms with Crippen LogP contribution in [0.15, 0.2) is 0 Å². The van der Waals surface area contributed by atoms with Crippen LogP contribution in [-0.2, 0) is 42.9 Å². The van der Waals surface area contributed by atoms with Crippen molar-refractivity contribution < 1.29 is 185 Å². The van der Waals surface area contributed by atoms with E-state index < -0.39 is 220 Å². The lowest BCUT2D eigenvalue weighted by molar-refractivity contribution is -0.461. The lowest BCUT2D eigenvalue weighted by atomic mass is 9.88. The molecule has 0 unspecified atom stereocenters. The van der Waals surface area contributed by atoms with Crippen molar-refractivity contribution in [2.45, 2.75) is 192 Å². The van der Waals surface area contributed by atoms with Crippen molar-refractivity contribution in [2.75, 3.05) is 19.8 Å². The maximum Gasteiger partial charge on any atom is 0.460 e. The topological polar surface area (TPSA) is 225 Å². The Labute approximate surface area is 447 Å². The molecule has 0 bridgehead atoms. The highest BCUT2D eigenvalue weighted by atomic mass is 19.4. The highest BCUT2D eigenvalue weighted by molar-refractivity contribution is 5.92. The number of carbonyl (C=O) groups excluding carboxylic acids is 5. The second-order valence-electron chi connectivity index (χ2n) is 17.9. The van der Waals surface area contributed by atoms with Crippen molar-refractivity contribution in [3.05, 3.63) is 0 Å². The number of alkyl halides is 30. The van der Waals surface area contributed by atoms with Crippen molar-refractivity contribution in [2.24, 2.45) is 5.73 Å². The molecule has 0 aromatic heterocycles. The maximum atomic E-state index is 14.5. The predicted molar refractivity (Wildman–Crippen MR) is 209 cm³/mol. The molecule has 1 heterocycles. The van der Waals surface area contributed by atoms with E-state index in [1.807, 2.05) is 16.0 Å². The van der Waals surface area contributed by atoms with E-state index >= 15 is 0 Å². The molecule has 1 aliphatic heterocycles. The lowest BCUT2D eigenvalue weighted by Gasteiger charge is -2.44. The Balaban J connectivity index is 3.11. The summed E-state index contributed by atoms with van der Waals surface area (Å²) in [6.45, 7) is -2.28. The first-order valence-electron chi connectivity index (χ1n) is 22.4. The molecule has 4 amide bonds. The quantitative estimate of drug-likeness (QED) is 0.0227. The number of primary amides is 1. The molecule has 84 heavy (non-hydrogen) atoms. The molecule has 494 valence electrons. The second kappa shape index (κ2) is 25.8. The number of hydrogen-bond donors (Lipinski definition) is 6. The van der Waals surface area contributed by atoms with Crippen LogP contribution < -0.4 is 21.7 Å². The van der Waals surface area contributed by atoms with E-state index in [0.717, 1.165) is 13.8 Å². The predicted octanol–water partition coefficient (Wildman–Crippen LogP) is 7.47. The van der Waals surface area contributed by atoms with E-state index in [9.17, 15) is 166 Å². The van der Waals surface area contributed by atoms with Crippen LogP contribution in [0.2, 0.25) is 0 Å². The zero-order valence-corrected chi connectivity index (χ0v) is 41.5. The molecule has 1 fully saturated rings. The summed E-state index contributed by atoms with van der Waals surface area (Å²) in [5.41, 5.74) is 5.11. The van der Waals surface area contributed by atoms with Crippen LogP contribution in [0.3, 0.4) is 0 Å². The van der Waals surface area contributed by atoms with Crippen LogP contribution in [-0.4, -0.2) is 192 Å². The molecule has 1 saturated heterocycles. The molecular formula is C39H42F30N4O11. The van der Waals surface area contributed by atoms with Gasteiger partial charge in [-0.25, -0.2) is 0 Å². The normalized spacial score (nSPS) is 21.1. The maximum absolute atomic E-state index is 14.5. The zero-order valence-electron chi connectivity index (χ0n) is 41.5. The number of esters is 1. The number of halogens is 30. The van der Waals surface area contributed by atoms with Crippen molar-refractivity contribution in [3.63, 3.8) is 0 Å². The second-order valence-corrected chi connectivity index (χ2v) is 17.9. The van der Waals surface area contributed by atoms with Crippen molar-refractivity contribution >= 4 is 29.6 Å². The summed E-state index contributed by atoms with van der Waals surface area (Å²) in [5, 5.41) is 26.2. The number of hydrogen-bond acceptors (Lipinski definition) is 11. The molecule has 0 spiro atoms. The highest BCUT2D eigenvalue weighted by Crippen LogP contribution is 2.65. The fraction of sp³-hybridized carbons (Fsp3) is 0.872. The Morgan fingerprint density at radius 2 is 0.940 bits per heavy atom. The Kier molecular flexibility index (Phi) is 23.7. The number of ether oxygens (including phenoxy) is 4. The van der Waals surface area contributed by atoms with Crippen molar-refractivity contribution in [1.82, 2.24) is 16.0 Å². The fourth-order valence-electron chi connectivity index (χ4n) is 6.66. The molecule has 0 aromatic rings. The minimum atomic E-state index is -8.89. The van der Waals surface area contributed by atoms with Crippen LogP contribution in [0.5, 0.6) is 0 Å². The molecule has 7 N–H and O–H groups in total. The van der Waals surface area contributed by atoms with Gasteiger partial charge >= 0.3 is 89.4 Å². The van der Waals surface area contributed by atoms with Gasteiger partial charge in [0.1, 0.15) is 42.5 Å². The average molecular weight is 1310 g/mol. The summed E-state index contributed by atoms with van der Waals surface area (Å²) >= 11 is 0. The highest BCUT2D eigenvalue weighted by Gasteiger charge is 2.95. The van der Waals surface area contributed by atoms with Crippen LogP contribution in [0.25, 0.3) is 0 Å². The first kappa shape index (κ1) is 77.1. The first-order valence-corrected chi connectivity index (χ1v) is 22.4. The number of aliphatic hydroxyl groups excluding tert-OH is 2. The van der Waals surface area contributed by atoms with Crippen LogP contribution in [0.1, 0.15) is 59.3 Å². The van der Waals surface area contributed by atoms with Gasteiger partial charge in [-0.2, -0.15) is 132 Å². The Bertz CT molecular complexity index is 2290. The van der Waals surface area contributed by atoms with Crippen molar-refractivity contribution in [1.29, 1.82) is 0 Å². The first-order chi connectivity index (χ1) is 37.1. The number of amides is 4. The summed E-state index contributed by atoms with van der Waals surface area (Å²) in [5.74, 6) is -104. The summed E-state index contributed by atoms with van der Waals surface area (Å²) in [7, 11) is 0. The van der Waals surface area contributed by atoms with Gasteiger partial charge in [0.05, 0.1) is 19.8 Å². The molecule has 1 rings (SSSR count). The molecule has 0 saturated carbocycles. The monoisotopic (exact) mass is 1310 g/mol. The van der Waals surface area contributed by atoms with Crippen molar-refractivity contribution in [3.8, 4) is 0 Å². The molecule has 1 aliphatic rings.